The fourth-order valence-electron chi connectivity index (χ4n) is 8.29. The molecular formula is C49H35N3. The maximum atomic E-state index is 5.10. The summed E-state index contributed by atoms with van der Waals surface area (Å²) < 4.78 is 2.48. The van der Waals surface area contributed by atoms with Crippen LogP contribution in [0, 0.1) is 0 Å². The van der Waals surface area contributed by atoms with Gasteiger partial charge in [0.2, 0.25) is 0 Å². The van der Waals surface area contributed by atoms with E-state index in [1.807, 2.05) is 12.1 Å². The van der Waals surface area contributed by atoms with Crippen molar-refractivity contribution in [2.24, 2.45) is 0 Å². The van der Waals surface area contributed by atoms with Gasteiger partial charge in [-0.15, -0.1) is 0 Å². The highest BCUT2D eigenvalue weighted by Crippen LogP contribution is 2.53. The highest BCUT2D eigenvalue weighted by molar-refractivity contribution is 6.14. The van der Waals surface area contributed by atoms with Crippen molar-refractivity contribution in [1.29, 1.82) is 0 Å². The van der Waals surface area contributed by atoms with Crippen molar-refractivity contribution in [2.75, 3.05) is 0 Å². The molecule has 10 rings (SSSR count). The lowest BCUT2D eigenvalue weighted by atomic mass is 9.81. The van der Waals surface area contributed by atoms with Gasteiger partial charge in [0.15, 0.2) is 5.82 Å². The average Bonchev–Trinajstić information content (AvgIpc) is 3.66. The Balaban J connectivity index is 1.18. The molecule has 2 heterocycles. The van der Waals surface area contributed by atoms with Crippen molar-refractivity contribution in [3.63, 3.8) is 0 Å². The minimum atomic E-state index is -0.167. The summed E-state index contributed by atoms with van der Waals surface area (Å²) in [5.74, 6) is 0.707. The molecule has 246 valence electrons. The van der Waals surface area contributed by atoms with Gasteiger partial charge in [0.1, 0.15) is 0 Å². The van der Waals surface area contributed by atoms with Crippen molar-refractivity contribution in [3.8, 4) is 61.8 Å². The lowest BCUT2D eigenvalue weighted by Gasteiger charge is -2.23. The van der Waals surface area contributed by atoms with E-state index in [-0.39, 0.29) is 5.41 Å². The maximum absolute atomic E-state index is 5.10. The summed E-state index contributed by atoms with van der Waals surface area (Å²) in [5, 5.41) is 2.52. The van der Waals surface area contributed by atoms with E-state index in [4.69, 9.17) is 9.97 Å². The molecule has 3 nitrogen and oxygen atoms in total. The van der Waals surface area contributed by atoms with Crippen molar-refractivity contribution >= 4 is 21.8 Å². The first-order valence-electron chi connectivity index (χ1n) is 17.9. The van der Waals surface area contributed by atoms with Gasteiger partial charge < -0.3 is 4.57 Å². The minimum absolute atomic E-state index is 0.167. The molecule has 0 atom stereocenters. The summed E-state index contributed by atoms with van der Waals surface area (Å²) in [6, 6.07) is 62.8. The lowest BCUT2D eigenvalue weighted by molar-refractivity contribution is 0.664. The van der Waals surface area contributed by atoms with Crippen LogP contribution in [0.4, 0.5) is 0 Å². The second kappa shape index (κ2) is 11.8. The number of aromatic nitrogens is 3. The molecule has 0 spiro atoms. The monoisotopic (exact) mass is 665 g/mol. The molecule has 0 radical (unpaired) electrons. The molecule has 0 saturated carbocycles. The third-order valence-corrected chi connectivity index (χ3v) is 10.8. The average molecular weight is 666 g/mol. The second-order valence-electron chi connectivity index (χ2n) is 14.2. The summed E-state index contributed by atoms with van der Waals surface area (Å²) in [7, 11) is 0. The summed E-state index contributed by atoms with van der Waals surface area (Å²) in [6.45, 7) is 4.75. The molecule has 1 aliphatic rings. The largest absolute Gasteiger partial charge is 0.309 e. The number of fused-ring (bicyclic) bond motifs is 7. The first kappa shape index (κ1) is 30.3. The van der Waals surface area contributed by atoms with Crippen LogP contribution in [0.2, 0.25) is 0 Å². The molecular weight excluding hydrogens is 631 g/mol. The smallest absolute Gasteiger partial charge is 0.160 e. The number of hydrogen-bond acceptors (Lipinski definition) is 2. The molecule has 3 heteroatoms. The molecule has 1 aliphatic carbocycles. The molecule has 0 fully saturated rings. The normalized spacial score (nSPS) is 13.0. The number of nitrogens with zero attached hydrogens (tertiary/aromatic N) is 3. The zero-order valence-electron chi connectivity index (χ0n) is 29.1. The Hall–Kier alpha value is -6.58. The van der Waals surface area contributed by atoms with Gasteiger partial charge in [-0.25, -0.2) is 9.97 Å². The standard InChI is InChI=1S/C49H35N3/c1-49(2)42-21-13-12-20-38(42)39-27-28-40-41-30-36(32-14-6-3-7-15-32)24-29-45(41)52(47(40)46(39)49)37-25-22-35(23-26-37)48-50-43(33-16-8-4-9-17-33)31-44(51-48)34-18-10-5-11-19-34/h3-31H,1-2H3. The van der Waals surface area contributed by atoms with Crippen LogP contribution in [0.15, 0.2) is 176 Å². The van der Waals surface area contributed by atoms with E-state index < -0.39 is 0 Å². The third kappa shape index (κ3) is 4.74. The molecule has 0 N–H and O–H groups in total. The predicted octanol–water partition coefficient (Wildman–Crippen LogP) is 12.5. The van der Waals surface area contributed by atoms with Gasteiger partial charge in [-0.1, -0.05) is 147 Å². The summed E-state index contributed by atoms with van der Waals surface area (Å²) in [5.41, 5.74) is 16.1. The van der Waals surface area contributed by atoms with Crippen molar-refractivity contribution in [2.45, 2.75) is 19.3 Å². The van der Waals surface area contributed by atoms with Gasteiger partial charge in [0, 0.05) is 38.6 Å². The maximum Gasteiger partial charge on any atom is 0.160 e. The van der Waals surface area contributed by atoms with E-state index in [0.717, 1.165) is 33.8 Å². The summed E-state index contributed by atoms with van der Waals surface area (Å²) in [4.78, 5) is 10.2. The Morgan fingerprint density at radius 1 is 0.442 bits per heavy atom. The Morgan fingerprint density at radius 2 is 1.02 bits per heavy atom. The van der Waals surface area contributed by atoms with Crippen LogP contribution in [0.5, 0.6) is 0 Å². The Bertz CT molecular complexity index is 2720. The predicted molar refractivity (Wildman–Crippen MR) is 216 cm³/mol. The van der Waals surface area contributed by atoms with Crippen LogP contribution >= 0.6 is 0 Å². The van der Waals surface area contributed by atoms with Gasteiger partial charge >= 0.3 is 0 Å². The first-order valence-corrected chi connectivity index (χ1v) is 17.9. The number of hydrogen-bond donors (Lipinski definition) is 0. The van der Waals surface area contributed by atoms with Gasteiger partial charge in [-0.2, -0.15) is 0 Å². The van der Waals surface area contributed by atoms with Crippen LogP contribution < -0.4 is 0 Å². The molecule has 0 aliphatic heterocycles. The van der Waals surface area contributed by atoms with E-state index in [1.54, 1.807) is 0 Å². The van der Waals surface area contributed by atoms with Crippen molar-refractivity contribution < 1.29 is 0 Å². The molecule has 52 heavy (non-hydrogen) atoms. The van der Waals surface area contributed by atoms with Crippen LogP contribution in [0.3, 0.4) is 0 Å². The highest BCUT2D eigenvalue weighted by Gasteiger charge is 2.38. The van der Waals surface area contributed by atoms with Crippen LogP contribution in [-0.4, -0.2) is 14.5 Å². The highest BCUT2D eigenvalue weighted by atomic mass is 15.0. The second-order valence-corrected chi connectivity index (χ2v) is 14.2. The van der Waals surface area contributed by atoms with E-state index in [2.05, 4.69) is 182 Å². The topological polar surface area (TPSA) is 30.7 Å². The third-order valence-electron chi connectivity index (χ3n) is 10.8. The molecule has 2 aromatic heterocycles. The van der Waals surface area contributed by atoms with E-state index >= 15 is 0 Å². The quantitative estimate of drug-likeness (QED) is 0.183. The van der Waals surface area contributed by atoms with Crippen LogP contribution in [0.25, 0.3) is 83.6 Å². The number of rotatable bonds is 5. The SMILES string of the molecule is CC1(C)c2ccccc2-c2ccc3c4cc(-c5ccccc5)ccc4n(-c4ccc(-c5nc(-c6ccccc6)cc(-c6ccccc6)n5)cc4)c3c21. The van der Waals surface area contributed by atoms with Crippen LogP contribution in [-0.2, 0) is 5.41 Å². The van der Waals surface area contributed by atoms with Gasteiger partial charge in [0.05, 0.1) is 22.4 Å². The molecule has 0 unspecified atom stereocenters. The number of benzene rings is 7. The Kier molecular flexibility index (Phi) is 6.84. The minimum Gasteiger partial charge on any atom is -0.309 e. The van der Waals surface area contributed by atoms with E-state index in [1.165, 1.54) is 55.2 Å². The molecule has 0 amide bonds. The fraction of sp³-hybridized carbons (Fsp3) is 0.0612. The lowest BCUT2D eigenvalue weighted by Crippen LogP contribution is -2.16. The van der Waals surface area contributed by atoms with Crippen LogP contribution in [0.1, 0.15) is 25.0 Å². The molecule has 9 aromatic rings. The Morgan fingerprint density at radius 3 is 1.67 bits per heavy atom. The van der Waals surface area contributed by atoms with Gasteiger partial charge in [-0.3, -0.25) is 0 Å². The van der Waals surface area contributed by atoms with Crippen molar-refractivity contribution in [3.05, 3.63) is 187 Å². The van der Waals surface area contributed by atoms with Crippen molar-refractivity contribution in [1.82, 2.24) is 14.5 Å². The molecule has 0 bridgehead atoms. The first-order chi connectivity index (χ1) is 25.5. The van der Waals surface area contributed by atoms with Gasteiger partial charge in [0.25, 0.3) is 0 Å². The zero-order chi connectivity index (χ0) is 34.8. The summed E-state index contributed by atoms with van der Waals surface area (Å²) >= 11 is 0. The van der Waals surface area contributed by atoms with Gasteiger partial charge in [-0.05, 0) is 75.8 Å². The Labute approximate surface area is 303 Å². The molecule has 7 aromatic carbocycles. The molecule has 0 saturated heterocycles. The zero-order valence-corrected chi connectivity index (χ0v) is 29.1. The van der Waals surface area contributed by atoms with E-state index in [0.29, 0.717) is 5.82 Å². The van der Waals surface area contributed by atoms with E-state index in [9.17, 15) is 0 Å². The summed E-state index contributed by atoms with van der Waals surface area (Å²) in [6.07, 6.45) is 0. The fourth-order valence-corrected chi connectivity index (χ4v) is 8.29.